The topological polar surface area (TPSA) is 121 Å². The van der Waals surface area contributed by atoms with E-state index in [0.717, 1.165) is 37.1 Å². The molecule has 1 aliphatic heterocycles. The molecule has 5 rings (SSSR count). The number of thiazole rings is 1. The molecule has 5 heterocycles. The average Bonchev–Trinajstić information content (AvgIpc) is 3.49. The molecule has 0 saturated carbocycles. The zero-order valence-electron chi connectivity index (χ0n) is 14.9. The summed E-state index contributed by atoms with van der Waals surface area (Å²) in [4.78, 5) is 8.50. The van der Waals surface area contributed by atoms with Crippen LogP contribution >= 0.6 is 11.3 Å². The normalized spacial score (nSPS) is 15.1. The maximum atomic E-state index is 6.07. The van der Waals surface area contributed by atoms with Gasteiger partial charge in [0.15, 0.2) is 5.01 Å². The lowest BCUT2D eigenvalue weighted by Crippen LogP contribution is -2.29. The smallest absolute Gasteiger partial charge is 0.277 e. The molecule has 0 bridgehead atoms. The summed E-state index contributed by atoms with van der Waals surface area (Å²) in [5.41, 5.74) is 8.55. The van der Waals surface area contributed by atoms with Gasteiger partial charge in [0.05, 0.1) is 17.8 Å². The van der Waals surface area contributed by atoms with Crippen LogP contribution in [0.15, 0.2) is 40.7 Å². The number of nitrogens with two attached hydrogens (primary N) is 1. The third kappa shape index (κ3) is 3.16. The second-order valence-electron chi connectivity index (χ2n) is 6.60. The Morgan fingerprint density at radius 3 is 2.79 bits per heavy atom. The maximum absolute atomic E-state index is 6.07. The molecule has 10 heteroatoms. The Morgan fingerprint density at radius 1 is 1.11 bits per heavy atom. The van der Waals surface area contributed by atoms with E-state index in [9.17, 15) is 0 Å². The van der Waals surface area contributed by atoms with E-state index >= 15 is 0 Å². The van der Waals surface area contributed by atoms with E-state index in [1.807, 2.05) is 22.3 Å². The molecule has 4 aromatic rings. The van der Waals surface area contributed by atoms with Gasteiger partial charge in [0.1, 0.15) is 5.82 Å². The largest absolute Gasteiger partial charge is 0.414 e. The van der Waals surface area contributed by atoms with Crippen LogP contribution in [0.2, 0.25) is 0 Å². The van der Waals surface area contributed by atoms with Crippen LogP contribution in [0.5, 0.6) is 0 Å². The average molecular weight is 394 g/mol. The van der Waals surface area contributed by atoms with Crippen molar-refractivity contribution < 1.29 is 4.42 Å². The van der Waals surface area contributed by atoms with Gasteiger partial charge >= 0.3 is 0 Å². The summed E-state index contributed by atoms with van der Waals surface area (Å²) in [5, 5.41) is 18.6. The van der Waals surface area contributed by atoms with Gasteiger partial charge in [-0.2, -0.15) is 5.10 Å². The molecule has 0 atom stereocenters. The molecular formula is C18H18N8OS. The molecule has 0 spiro atoms. The van der Waals surface area contributed by atoms with Crippen LogP contribution in [-0.4, -0.2) is 43.0 Å². The standard InChI is InChI=1S/C18H18N8OS/c19-15-14(16-24-25-17(27-16)18-21-5-6-28-18)7-11(8-22-15)12-9-23-26(10-12)13-1-3-20-4-2-13/h5-10,13,20H,1-4H2,(H2,19,22). The Hall–Kier alpha value is -3.11. The van der Waals surface area contributed by atoms with Gasteiger partial charge in [-0.15, -0.1) is 21.5 Å². The highest BCUT2D eigenvalue weighted by molar-refractivity contribution is 7.12. The third-order valence-electron chi connectivity index (χ3n) is 4.81. The second kappa shape index (κ2) is 7.13. The summed E-state index contributed by atoms with van der Waals surface area (Å²) in [7, 11) is 0. The van der Waals surface area contributed by atoms with Gasteiger partial charge in [0.2, 0.25) is 0 Å². The van der Waals surface area contributed by atoms with Gasteiger partial charge < -0.3 is 15.5 Å². The lowest BCUT2D eigenvalue weighted by Gasteiger charge is -2.22. The number of nitrogens with zero attached hydrogens (tertiary/aromatic N) is 6. The first kappa shape index (κ1) is 17.0. The fourth-order valence-electron chi connectivity index (χ4n) is 3.31. The fourth-order valence-corrected chi connectivity index (χ4v) is 3.87. The molecule has 0 radical (unpaired) electrons. The minimum atomic E-state index is 0.322. The number of nitrogen functional groups attached to an aromatic ring is 1. The molecule has 0 amide bonds. The van der Waals surface area contributed by atoms with Gasteiger partial charge in [-0.1, -0.05) is 0 Å². The van der Waals surface area contributed by atoms with Crippen LogP contribution in [0.25, 0.3) is 33.5 Å². The minimum Gasteiger partial charge on any atom is -0.414 e. The van der Waals surface area contributed by atoms with Gasteiger partial charge in [0.25, 0.3) is 11.8 Å². The van der Waals surface area contributed by atoms with Crippen molar-refractivity contribution in [3.05, 3.63) is 36.2 Å². The highest BCUT2D eigenvalue weighted by Crippen LogP contribution is 2.31. The molecule has 28 heavy (non-hydrogen) atoms. The molecule has 1 aliphatic rings. The van der Waals surface area contributed by atoms with Crippen LogP contribution in [0.1, 0.15) is 18.9 Å². The number of aromatic nitrogens is 6. The van der Waals surface area contributed by atoms with Crippen molar-refractivity contribution >= 4 is 17.2 Å². The van der Waals surface area contributed by atoms with Crippen molar-refractivity contribution in [3.63, 3.8) is 0 Å². The van der Waals surface area contributed by atoms with E-state index < -0.39 is 0 Å². The van der Waals surface area contributed by atoms with Crippen molar-refractivity contribution in [1.82, 2.24) is 35.3 Å². The van der Waals surface area contributed by atoms with Crippen molar-refractivity contribution in [2.24, 2.45) is 0 Å². The highest BCUT2D eigenvalue weighted by atomic mass is 32.1. The molecule has 0 aliphatic carbocycles. The predicted octanol–water partition coefficient (Wildman–Crippen LogP) is 2.63. The van der Waals surface area contributed by atoms with E-state index in [1.54, 1.807) is 12.4 Å². The highest BCUT2D eigenvalue weighted by Gasteiger charge is 2.18. The Balaban J connectivity index is 1.46. The zero-order chi connectivity index (χ0) is 18.9. The van der Waals surface area contributed by atoms with E-state index in [-0.39, 0.29) is 0 Å². The number of hydrogen-bond acceptors (Lipinski definition) is 9. The van der Waals surface area contributed by atoms with E-state index in [2.05, 4.69) is 36.8 Å². The van der Waals surface area contributed by atoms with Crippen LogP contribution in [0.3, 0.4) is 0 Å². The molecule has 3 N–H and O–H groups in total. The van der Waals surface area contributed by atoms with Crippen molar-refractivity contribution in [2.75, 3.05) is 18.8 Å². The lowest BCUT2D eigenvalue weighted by atomic mass is 10.1. The number of hydrogen-bond donors (Lipinski definition) is 2. The Labute approximate surface area is 164 Å². The van der Waals surface area contributed by atoms with E-state index in [4.69, 9.17) is 10.2 Å². The summed E-state index contributed by atoms with van der Waals surface area (Å²) in [6.45, 7) is 2.04. The number of pyridine rings is 1. The van der Waals surface area contributed by atoms with Crippen LogP contribution in [0, 0.1) is 0 Å². The predicted molar refractivity (Wildman–Crippen MR) is 105 cm³/mol. The molecule has 4 aromatic heterocycles. The first-order chi connectivity index (χ1) is 13.8. The monoisotopic (exact) mass is 394 g/mol. The van der Waals surface area contributed by atoms with Crippen molar-refractivity contribution in [3.8, 4) is 33.5 Å². The summed E-state index contributed by atoms with van der Waals surface area (Å²) >= 11 is 1.44. The fraction of sp³-hybridized carbons (Fsp3) is 0.278. The molecule has 1 saturated heterocycles. The Bertz CT molecular complexity index is 1080. The van der Waals surface area contributed by atoms with E-state index in [0.29, 0.717) is 34.2 Å². The third-order valence-corrected chi connectivity index (χ3v) is 5.57. The quantitative estimate of drug-likeness (QED) is 0.542. The van der Waals surface area contributed by atoms with Crippen molar-refractivity contribution in [1.29, 1.82) is 0 Å². The molecular weight excluding hydrogens is 376 g/mol. The van der Waals surface area contributed by atoms with Gasteiger partial charge in [-0.05, 0) is 32.0 Å². The van der Waals surface area contributed by atoms with Crippen molar-refractivity contribution in [2.45, 2.75) is 18.9 Å². The second-order valence-corrected chi connectivity index (χ2v) is 7.49. The molecule has 0 unspecified atom stereocenters. The summed E-state index contributed by atoms with van der Waals surface area (Å²) in [6, 6.07) is 2.33. The van der Waals surface area contributed by atoms with E-state index in [1.165, 1.54) is 11.3 Å². The van der Waals surface area contributed by atoms with Crippen LogP contribution in [0.4, 0.5) is 5.82 Å². The lowest BCUT2D eigenvalue weighted by molar-refractivity contribution is 0.343. The number of anilines is 1. The van der Waals surface area contributed by atoms with Gasteiger partial charge in [-0.3, -0.25) is 4.68 Å². The van der Waals surface area contributed by atoms with Crippen LogP contribution < -0.4 is 11.1 Å². The first-order valence-corrected chi connectivity index (χ1v) is 9.90. The molecule has 0 aromatic carbocycles. The summed E-state index contributed by atoms with van der Waals surface area (Å²) in [5.74, 6) is 1.03. The number of rotatable bonds is 4. The summed E-state index contributed by atoms with van der Waals surface area (Å²) < 4.78 is 7.81. The Kier molecular flexibility index (Phi) is 4.34. The number of nitrogens with one attached hydrogen (secondary N) is 1. The minimum absolute atomic E-state index is 0.322. The number of piperidine rings is 1. The Morgan fingerprint density at radius 2 is 1.96 bits per heavy atom. The molecule has 142 valence electrons. The molecule has 9 nitrogen and oxygen atoms in total. The first-order valence-electron chi connectivity index (χ1n) is 9.02. The zero-order valence-corrected chi connectivity index (χ0v) is 15.8. The summed E-state index contributed by atoms with van der Waals surface area (Å²) in [6.07, 6.45) is 9.50. The molecule has 1 fully saturated rings. The van der Waals surface area contributed by atoms with Gasteiger partial charge in [-0.25, -0.2) is 9.97 Å². The SMILES string of the molecule is Nc1ncc(-c2cnn(C3CCNCC3)c2)cc1-c1nnc(-c2nccs2)o1. The van der Waals surface area contributed by atoms with Gasteiger partial charge in [0, 0.05) is 35.1 Å². The maximum Gasteiger partial charge on any atom is 0.277 e. The van der Waals surface area contributed by atoms with Crippen LogP contribution in [-0.2, 0) is 0 Å².